The van der Waals surface area contributed by atoms with Gasteiger partial charge in [0, 0.05) is 6.04 Å². The molecule has 0 aliphatic rings. The summed E-state index contributed by atoms with van der Waals surface area (Å²) in [5.41, 5.74) is 0. The molecule has 0 saturated heterocycles. The molecule has 1 heterocycles. The minimum atomic E-state index is -0.342. The third-order valence-corrected chi connectivity index (χ3v) is 2.87. The summed E-state index contributed by atoms with van der Waals surface area (Å²) >= 11 is 0. The van der Waals surface area contributed by atoms with Gasteiger partial charge in [-0.2, -0.15) is 0 Å². The van der Waals surface area contributed by atoms with E-state index in [1.165, 1.54) is 0 Å². The molecule has 1 rings (SSSR count). The van der Waals surface area contributed by atoms with E-state index in [-0.39, 0.29) is 24.6 Å². The number of nitrogens with one attached hydrogen (secondary N) is 2. The van der Waals surface area contributed by atoms with Crippen molar-refractivity contribution < 1.29 is 14.3 Å². The number of aliphatic hydroxyl groups is 1. The Morgan fingerprint density at radius 1 is 1.42 bits per heavy atom. The molecule has 0 bridgehead atoms. The van der Waals surface area contributed by atoms with Crippen LogP contribution in [-0.2, 0) is 11.3 Å². The van der Waals surface area contributed by atoms with Crippen molar-refractivity contribution in [2.45, 2.75) is 45.8 Å². The molecule has 1 amide bonds. The molecule has 0 fully saturated rings. The summed E-state index contributed by atoms with van der Waals surface area (Å²) < 4.78 is 5.14. The van der Waals surface area contributed by atoms with Crippen LogP contribution < -0.4 is 10.6 Å². The van der Waals surface area contributed by atoms with Crippen LogP contribution in [-0.4, -0.2) is 29.7 Å². The van der Waals surface area contributed by atoms with Crippen LogP contribution in [0.4, 0.5) is 0 Å². The Bertz CT molecular complexity index is 363. The standard InChI is InChI=1S/C14H24N2O3/c1-10(2)7-12(9-17)16-11(3)14(18)15-8-13-5-4-6-19-13/h4-6,10-12,16-17H,7-9H2,1-3H3,(H,15,18). The minimum Gasteiger partial charge on any atom is -0.467 e. The van der Waals surface area contributed by atoms with E-state index in [4.69, 9.17) is 4.42 Å². The lowest BCUT2D eigenvalue weighted by Gasteiger charge is -2.22. The van der Waals surface area contributed by atoms with Gasteiger partial charge in [0.25, 0.3) is 0 Å². The fraction of sp³-hybridized carbons (Fsp3) is 0.643. The molecule has 1 aromatic heterocycles. The number of hydrogen-bond acceptors (Lipinski definition) is 4. The molecule has 0 aliphatic carbocycles. The van der Waals surface area contributed by atoms with Gasteiger partial charge in [-0.25, -0.2) is 0 Å². The van der Waals surface area contributed by atoms with E-state index in [1.807, 2.05) is 6.07 Å². The van der Waals surface area contributed by atoms with E-state index >= 15 is 0 Å². The second-order valence-electron chi connectivity index (χ2n) is 5.19. The quantitative estimate of drug-likeness (QED) is 0.664. The number of carbonyl (C=O) groups is 1. The number of furan rings is 1. The fourth-order valence-electron chi connectivity index (χ4n) is 1.93. The van der Waals surface area contributed by atoms with Crippen LogP contribution in [0.3, 0.4) is 0 Å². The maximum Gasteiger partial charge on any atom is 0.237 e. The van der Waals surface area contributed by atoms with Crippen LogP contribution in [0, 0.1) is 5.92 Å². The first kappa shape index (κ1) is 15.7. The average Bonchev–Trinajstić information content (AvgIpc) is 2.87. The van der Waals surface area contributed by atoms with Crippen molar-refractivity contribution in [3.63, 3.8) is 0 Å². The van der Waals surface area contributed by atoms with Crippen molar-refractivity contribution in [3.05, 3.63) is 24.2 Å². The maximum absolute atomic E-state index is 11.9. The third-order valence-electron chi connectivity index (χ3n) is 2.87. The molecular formula is C14H24N2O3. The van der Waals surface area contributed by atoms with Gasteiger partial charge in [-0.05, 0) is 31.4 Å². The van der Waals surface area contributed by atoms with Crippen molar-refractivity contribution in [2.75, 3.05) is 6.61 Å². The van der Waals surface area contributed by atoms with Crippen LogP contribution in [0.25, 0.3) is 0 Å². The lowest BCUT2D eigenvalue weighted by atomic mass is 10.0. The molecule has 1 aromatic rings. The average molecular weight is 268 g/mol. The monoisotopic (exact) mass is 268 g/mol. The van der Waals surface area contributed by atoms with Gasteiger partial charge in [-0.15, -0.1) is 0 Å². The van der Waals surface area contributed by atoms with Crippen molar-refractivity contribution in [1.82, 2.24) is 10.6 Å². The molecule has 5 nitrogen and oxygen atoms in total. The normalized spacial score (nSPS) is 14.4. The number of rotatable bonds is 8. The van der Waals surface area contributed by atoms with E-state index < -0.39 is 0 Å². The molecule has 0 aromatic carbocycles. The van der Waals surface area contributed by atoms with Gasteiger partial charge in [-0.3, -0.25) is 4.79 Å². The first-order chi connectivity index (χ1) is 9.02. The molecular weight excluding hydrogens is 244 g/mol. The highest BCUT2D eigenvalue weighted by Gasteiger charge is 2.18. The molecule has 5 heteroatoms. The van der Waals surface area contributed by atoms with Gasteiger partial charge in [0.05, 0.1) is 25.5 Å². The van der Waals surface area contributed by atoms with E-state index in [0.717, 1.165) is 12.2 Å². The Balaban J connectivity index is 2.34. The number of carbonyl (C=O) groups excluding carboxylic acids is 1. The predicted molar refractivity (Wildman–Crippen MR) is 73.5 cm³/mol. The van der Waals surface area contributed by atoms with E-state index in [9.17, 15) is 9.90 Å². The Morgan fingerprint density at radius 3 is 2.68 bits per heavy atom. The lowest BCUT2D eigenvalue weighted by Crippen LogP contribution is -2.48. The zero-order chi connectivity index (χ0) is 14.3. The van der Waals surface area contributed by atoms with Crippen LogP contribution in [0.2, 0.25) is 0 Å². The molecule has 0 spiro atoms. The van der Waals surface area contributed by atoms with Crippen LogP contribution in [0.15, 0.2) is 22.8 Å². The van der Waals surface area contributed by atoms with E-state index in [2.05, 4.69) is 24.5 Å². The highest BCUT2D eigenvalue weighted by molar-refractivity contribution is 5.81. The summed E-state index contributed by atoms with van der Waals surface area (Å²) in [5, 5.41) is 15.2. The summed E-state index contributed by atoms with van der Waals surface area (Å²) in [7, 11) is 0. The topological polar surface area (TPSA) is 74.5 Å². The molecule has 19 heavy (non-hydrogen) atoms. The van der Waals surface area contributed by atoms with Gasteiger partial charge in [0.15, 0.2) is 0 Å². The zero-order valence-electron chi connectivity index (χ0n) is 11.8. The second kappa shape index (κ2) is 7.96. The van der Waals surface area contributed by atoms with E-state index in [1.54, 1.807) is 19.3 Å². The van der Waals surface area contributed by atoms with Gasteiger partial charge in [0.1, 0.15) is 5.76 Å². The van der Waals surface area contributed by atoms with Gasteiger partial charge in [-0.1, -0.05) is 13.8 Å². The van der Waals surface area contributed by atoms with Crippen molar-refractivity contribution >= 4 is 5.91 Å². The molecule has 0 aliphatic heterocycles. The number of aliphatic hydroxyl groups excluding tert-OH is 1. The first-order valence-corrected chi connectivity index (χ1v) is 6.70. The smallest absolute Gasteiger partial charge is 0.237 e. The predicted octanol–water partition coefficient (Wildman–Crippen LogP) is 1.28. The molecule has 2 atom stereocenters. The summed E-state index contributed by atoms with van der Waals surface area (Å²) in [6.45, 7) is 6.39. The van der Waals surface area contributed by atoms with Crippen molar-refractivity contribution in [1.29, 1.82) is 0 Å². The first-order valence-electron chi connectivity index (χ1n) is 6.70. The highest BCUT2D eigenvalue weighted by atomic mass is 16.3. The fourth-order valence-corrected chi connectivity index (χ4v) is 1.93. The summed E-state index contributed by atoms with van der Waals surface area (Å²) in [6.07, 6.45) is 2.42. The highest BCUT2D eigenvalue weighted by Crippen LogP contribution is 2.05. The van der Waals surface area contributed by atoms with Gasteiger partial charge in [0.2, 0.25) is 5.91 Å². The van der Waals surface area contributed by atoms with Crippen LogP contribution in [0.1, 0.15) is 33.0 Å². The summed E-state index contributed by atoms with van der Waals surface area (Å²) in [6, 6.07) is 3.21. The SMILES string of the molecule is CC(C)CC(CO)NC(C)C(=O)NCc1ccco1. The van der Waals surface area contributed by atoms with Crippen LogP contribution >= 0.6 is 0 Å². The Hall–Kier alpha value is -1.33. The molecule has 2 unspecified atom stereocenters. The third kappa shape index (κ3) is 5.89. The van der Waals surface area contributed by atoms with Gasteiger partial charge < -0.3 is 20.2 Å². The summed E-state index contributed by atoms with van der Waals surface area (Å²) in [4.78, 5) is 11.9. The maximum atomic E-state index is 11.9. The Labute approximate surface area is 114 Å². The number of hydrogen-bond donors (Lipinski definition) is 3. The van der Waals surface area contributed by atoms with Crippen LogP contribution in [0.5, 0.6) is 0 Å². The lowest BCUT2D eigenvalue weighted by molar-refractivity contribution is -0.123. The number of amides is 1. The molecule has 108 valence electrons. The van der Waals surface area contributed by atoms with Gasteiger partial charge >= 0.3 is 0 Å². The molecule has 0 saturated carbocycles. The molecule has 3 N–H and O–H groups in total. The molecule has 0 radical (unpaired) electrons. The second-order valence-corrected chi connectivity index (χ2v) is 5.19. The zero-order valence-corrected chi connectivity index (χ0v) is 11.8. The Morgan fingerprint density at radius 2 is 2.16 bits per heavy atom. The minimum absolute atomic E-state index is 0.0357. The van der Waals surface area contributed by atoms with Crippen molar-refractivity contribution in [2.24, 2.45) is 5.92 Å². The summed E-state index contributed by atoms with van der Waals surface area (Å²) in [5.74, 6) is 1.10. The Kier molecular flexibility index (Phi) is 6.59. The largest absolute Gasteiger partial charge is 0.467 e. The van der Waals surface area contributed by atoms with E-state index in [0.29, 0.717) is 12.5 Å². The van der Waals surface area contributed by atoms with Crippen molar-refractivity contribution in [3.8, 4) is 0 Å².